The summed E-state index contributed by atoms with van der Waals surface area (Å²) in [5, 5.41) is 14.4. The van der Waals surface area contributed by atoms with E-state index in [0.717, 1.165) is 0 Å². The van der Waals surface area contributed by atoms with Gasteiger partial charge in [-0.3, -0.25) is 9.31 Å². The molecular formula is C5H5N3OS. The zero-order chi connectivity index (χ0) is 7.56. The molecule has 1 rings (SSSR count). The lowest BCUT2D eigenvalue weighted by Crippen LogP contribution is -1.87. The van der Waals surface area contributed by atoms with E-state index >= 15 is 0 Å². The Bertz CT molecular complexity index is 298. The predicted molar refractivity (Wildman–Crippen MR) is 35.6 cm³/mol. The fraction of sp³-hybridized carbons (Fsp3) is 0.200. The van der Waals surface area contributed by atoms with Crippen molar-refractivity contribution in [3.8, 4) is 6.07 Å². The molecule has 1 atom stereocenters. The Balaban J connectivity index is 3.17. The van der Waals surface area contributed by atoms with Crippen LogP contribution in [0.25, 0.3) is 0 Å². The van der Waals surface area contributed by atoms with Gasteiger partial charge in [0, 0.05) is 6.26 Å². The number of aromatic amines is 1. The molecule has 0 aliphatic rings. The highest BCUT2D eigenvalue weighted by Crippen LogP contribution is 2.05. The van der Waals surface area contributed by atoms with Crippen LogP contribution < -0.4 is 0 Å². The lowest BCUT2D eigenvalue weighted by atomic mass is 10.5. The van der Waals surface area contributed by atoms with Crippen molar-refractivity contribution in [1.82, 2.24) is 10.2 Å². The van der Waals surface area contributed by atoms with Gasteiger partial charge in [-0.05, 0) is 0 Å². The first-order chi connectivity index (χ1) is 4.75. The summed E-state index contributed by atoms with van der Waals surface area (Å²) in [4.78, 5) is 0.461. The number of hydrogen-bond donors (Lipinski definition) is 1. The minimum atomic E-state index is -1.13. The van der Waals surface area contributed by atoms with Gasteiger partial charge in [0.1, 0.15) is 6.07 Å². The van der Waals surface area contributed by atoms with Gasteiger partial charge in [-0.15, -0.1) is 0 Å². The number of nitrogens with one attached hydrogen (secondary N) is 1. The molecule has 0 aliphatic heterocycles. The summed E-state index contributed by atoms with van der Waals surface area (Å²) in [7, 11) is -1.13. The largest absolute Gasteiger partial charge is 0.267 e. The van der Waals surface area contributed by atoms with Crippen molar-refractivity contribution in [3.05, 3.63) is 11.9 Å². The quantitative estimate of drug-likeness (QED) is 0.621. The van der Waals surface area contributed by atoms with E-state index in [1.165, 1.54) is 12.5 Å². The summed E-state index contributed by atoms with van der Waals surface area (Å²) in [5.74, 6) is 0. The standard InChI is InChI=1S/C5H5N3OS/c1-10(9)5-3-7-8-4(5)2-6/h3H,1H3,(H,7,8). The van der Waals surface area contributed by atoms with E-state index in [1.54, 1.807) is 0 Å². The summed E-state index contributed by atoms with van der Waals surface area (Å²) >= 11 is 0. The Morgan fingerprint density at radius 2 is 2.60 bits per heavy atom. The zero-order valence-electron chi connectivity index (χ0n) is 5.29. The Morgan fingerprint density at radius 3 is 3.00 bits per heavy atom. The Labute approximate surface area is 60.3 Å². The molecule has 0 bridgehead atoms. The molecule has 1 aromatic rings. The third-order valence-electron chi connectivity index (χ3n) is 1.03. The van der Waals surface area contributed by atoms with E-state index in [0.29, 0.717) is 4.90 Å². The second kappa shape index (κ2) is 2.62. The average molecular weight is 155 g/mol. The molecule has 0 radical (unpaired) electrons. The van der Waals surface area contributed by atoms with Crippen LogP contribution in [0.2, 0.25) is 0 Å². The summed E-state index contributed by atoms with van der Waals surface area (Å²) < 4.78 is 10.8. The van der Waals surface area contributed by atoms with Gasteiger partial charge in [0.05, 0.1) is 21.9 Å². The van der Waals surface area contributed by atoms with Crippen LogP contribution in [0.4, 0.5) is 0 Å². The van der Waals surface area contributed by atoms with Gasteiger partial charge in [-0.2, -0.15) is 10.4 Å². The van der Waals surface area contributed by atoms with Crippen LogP contribution in [0.1, 0.15) is 5.69 Å². The van der Waals surface area contributed by atoms with E-state index in [1.807, 2.05) is 6.07 Å². The summed E-state index contributed by atoms with van der Waals surface area (Å²) in [6, 6.07) is 1.85. The molecule has 1 heterocycles. The second-order valence-electron chi connectivity index (χ2n) is 1.68. The molecule has 0 amide bonds. The number of rotatable bonds is 1. The molecule has 52 valence electrons. The first-order valence-electron chi connectivity index (χ1n) is 2.52. The number of nitriles is 1. The van der Waals surface area contributed by atoms with Crippen LogP contribution in [0.15, 0.2) is 11.1 Å². The van der Waals surface area contributed by atoms with Crippen molar-refractivity contribution in [2.24, 2.45) is 0 Å². The zero-order valence-corrected chi connectivity index (χ0v) is 6.10. The lowest BCUT2D eigenvalue weighted by Gasteiger charge is -1.85. The van der Waals surface area contributed by atoms with Crippen LogP contribution >= 0.6 is 0 Å². The maximum atomic E-state index is 10.8. The van der Waals surface area contributed by atoms with Crippen molar-refractivity contribution in [2.45, 2.75) is 4.90 Å². The van der Waals surface area contributed by atoms with E-state index in [4.69, 9.17) is 5.26 Å². The Morgan fingerprint density at radius 1 is 1.90 bits per heavy atom. The van der Waals surface area contributed by atoms with Gasteiger partial charge in [-0.1, -0.05) is 0 Å². The van der Waals surface area contributed by atoms with Gasteiger partial charge >= 0.3 is 0 Å². The van der Waals surface area contributed by atoms with E-state index in [2.05, 4.69) is 10.2 Å². The average Bonchev–Trinajstić information content (AvgIpc) is 2.33. The van der Waals surface area contributed by atoms with Gasteiger partial charge in [0.25, 0.3) is 0 Å². The highest BCUT2D eigenvalue weighted by Gasteiger charge is 2.05. The topological polar surface area (TPSA) is 69.5 Å². The lowest BCUT2D eigenvalue weighted by molar-refractivity contribution is 0.686. The van der Waals surface area contributed by atoms with Crippen molar-refractivity contribution < 1.29 is 4.21 Å². The van der Waals surface area contributed by atoms with Crippen LogP contribution in [0.3, 0.4) is 0 Å². The first-order valence-corrected chi connectivity index (χ1v) is 4.08. The minimum Gasteiger partial charge on any atom is -0.267 e. The van der Waals surface area contributed by atoms with Crippen molar-refractivity contribution >= 4 is 10.8 Å². The van der Waals surface area contributed by atoms with Gasteiger partial charge in [0.2, 0.25) is 0 Å². The van der Waals surface area contributed by atoms with Crippen molar-refractivity contribution in [1.29, 1.82) is 5.26 Å². The Kier molecular flexibility index (Phi) is 1.83. The maximum absolute atomic E-state index is 10.8. The maximum Gasteiger partial charge on any atom is 0.151 e. The van der Waals surface area contributed by atoms with Crippen LogP contribution in [-0.2, 0) is 10.8 Å². The van der Waals surface area contributed by atoms with Gasteiger partial charge in [0.15, 0.2) is 5.69 Å². The monoisotopic (exact) mass is 155 g/mol. The molecule has 4 nitrogen and oxygen atoms in total. The van der Waals surface area contributed by atoms with Crippen LogP contribution in [0.5, 0.6) is 0 Å². The molecule has 5 heteroatoms. The molecule has 10 heavy (non-hydrogen) atoms. The molecule has 0 saturated carbocycles. The highest BCUT2D eigenvalue weighted by atomic mass is 32.2. The Hall–Kier alpha value is -1.15. The summed E-state index contributed by atoms with van der Waals surface area (Å²) in [6.45, 7) is 0. The molecule has 1 aromatic heterocycles. The summed E-state index contributed by atoms with van der Waals surface area (Å²) in [6.07, 6.45) is 2.90. The molecule has 0 aliphatic carbocycles. The summed E-state index contributed by atoms with van der Waals surface area (Å²) in [5.41, 5.74) is 0.279. The van der Waals surface area contributed by atoms with Gasteiger partial charge < -0.3 is 0 Å². The number of hydrogen-bond acceptors (Lipinski definition) is 3. The predicted octanol–water partition coefficient (Wildman–Crippen LogP) is 0.0188. The number of H-pyrrole nitrogens is 1. The molecule has 1 unspecified atom stereocenters. The van der Waals surface area contributed by atoms with E-state index in [-0.39, 0.29) is 5.69 Å². The fourth-order valence-corrected chi connectivity index (χ4v) is 1.15. The SMILES string of the molecule is CS(=O)c1cn[nH]c1C#N. The van der Waals surface area contributed by atoms with E-state index < -0.39 is 10.8 Å². The third kappa shape index (κ3) is 1.06. The highest BCUT2D eigenvalue weighted by molar-refractivity contribution is 7.84. The number of aromatic nitrogens is 2. The first kappa shape index (κ1) is 6.96. The van der Waals surface area contributed by atoms with Crippen molar-refractivity contribution in [2.75, 3.05) is 6.26 Å². The smallest absolute Gasteiger partial charge is 0.151 e. The van der Waals surface area contributed by atoms with Gasteiger partial charge in [-0.25, -0.2) is 0 Å². The van der Waals surface area contributed by atoms with Crippen LogP contribution in [-0.4, -0.2) is 20.7 Å². The second-order valence-corrected chi connectivity index (χ2v) is 3.02. The normalized spacial score (nSPS) is 12.4. The number of nitrogens with zero attached hydrogens (tertiary/aromatic N) is 2. The molecule has 1 N–H and O–H groups in total. The van der Waals surface area contributed by atoms with E-state index in [9.17, 15) is 4.21 Å². The van der Waals surface area contributed by atoms with Crippen molar-refractivity contribution in [3.63, 3.8) is 0 Å². The van der Waals surface area contributed by atoms with Crippen LogP contribution in [0, 0.1) is 11.3 Å². The molecule has 0 fully saturated rings. The third-order valence-corrected chi connectivity index (χ3v) is 1.95. The molecule has 0 saturated heterocycles. The minimum absolute atomic E-state index is 0.279. The fourth-order valence-electron chi connectivity index (χ4n) is 0.573. The molecular weight excluding hydrogens is 150 g/mol. The molecule has 0 aromatic carbocycles. The molecule has 0 spiro atoms.